The molecule has 3 rings (SSSR count). The summed E-state index contributed by atoms with van der Waals surface area (Å²) in [5, 5.41) is 10.4. The highest BCUT2D eigenvalue weighted by Gasteiger charge is 2.28. The lowest BCUT2D eigenvalue weighted by molar-refractivity contribution is -0.121. The van der Waals surface area contributed by atoms with Crippen LogP contribution in [0.1, 0.15) is 18.4 Å². The largest absolute Gasteiger partial charge is 0.361 e. The van der Waals surface area contributed by atoms with Gasteiger partial charge < -0.3 is 20.9 Å². The number of aromatic amines is 1. The number of carbonyl (C=O) groups is 1. The highest BCUT2D eigenvalue weighted by atomic mass is 32.2. The second-order valence-corrected chi connectivity index (χ2v) is 9.18. The summed E-state index contributed by atoms with van der Waals surface area (Å²) in [4.78, 5) is 19.4. The highest BCUT2D eigenvalue weighted by Crippen LogP contribution is 2.17. The first-order chi connectivity index (χ1) is 13.5. The summed E-state index contributed by atoms with van der Waals surface area (Å²) in [5.74, 6) is 0.687. The third-order valence-electron chi connectivity index (χ3n) is 4.83. The predicted molar refractivity (Wildman–Crippen MR) is 111 cm³/mol. The highest BCUT2D eigenvalue weighted by molar-refractivity contribution is 7.91. The molecule has 1 aliphatic heterocycles. The number of para-hydroxylation sites is 1. The Labute approximate surface area is 165 Å². The van der Waals surface area contributed by atoms with Crippen molar-refractivity contribution in [1.82, 2.24) is 20.9 Å². The molecule has 0 aliphatic carbocycles. The van der Waals surface area contributed by atoms with E-state index in [1.54, 1.807) is 7.05 Å². The molecule has 152 valence electrons. The van der Waals surface area contributed by atoms with Crippen LogP contribution in [0, 0.1) is 0 Å². The van der Waals surface area contributed by atoms with Crippen LogP contribution in [0.2, 0.25) is 0 Å². The zero-order valence-electron chi connectivity index (χ0n) is 16.0. The van der Waals surface area contributed by atoms with E-state index in [0.29, 0.717) is 25.5 Å². The molecular formula is C19H27N5O3S. The van der Waals surface area contributed by atoms with Gasteiger partial charge in [0, 0.05) is 49.7 Å². The van der Waals surface area contributed by atoms with Gasteiger partial charge in [-0.15, -0.1) is 0 Å². The molecule has 1 aliphatic rings. The van der Waals surface area contributed by atoms with Gasteiger partial charge in [0.1, 0.15) is 0 Å². The van der Waals surface area contributed by atoms with Crippen LogP contribution < -0.4 is 16.0 Å². The number of aliphatic imine (C=N–C) groups is 1. The monoisotopic (exact) mass is 405 g/mol. The lowest BCUT2D eigenvalue weighted by Crippen LogP contribution is -2.41. The van der Waals surface area contributed by atoms with Crippen LogP contribution in [-0.2, 0) is 21.1 Å². The number of aromatic nitrogens is 1. The van der Waals surface area contributed by atoms with Gasteiger partial charge in [0.15, 0.2) is 15.8 Å². The van der Waals surface area contributed by atoms with Gasteiger partial charge in [-0.25, -0.2) is 8.42 Å². The average Bonchev–Trinajstić information content (AvgIpc) is 3.23. The Bertz CT molecular complexity index is 951. The van der Waals surface area contributed by atoms with E-state index in [1.165, 1.54) is 10.9 Å². The lowest BCUT2D eigenvalue weighted by atomic mass is 10.1. The van der Waals surface area contributed by atoms with Crippen molar-refractivity contribution in [3.05, 3.63) is 36.0 Å². The first-order valence-electron chi connectivity index (χ1n) is 9.46. The van der Waals surface area contributed by atoms with E-state index in [1.807, 2.05) is 18.3 Å². The zero-order chi connectivity index (χ0) is 20.0. The minimum atomic E-state index is -2.98. The number of H-pyrrole nitrogens is 1. The van der Waals surface area contributed by atoms with Crippen LogP contribution in [0.5, 0.6) is 0 Å². The molecule has 2 aromatic rings. The number of rotatable bonds is 7. The molecule has 4 N–H and O–H groups in total. The fourth-order valence-corrected chi connectivity index (χ4v) is 5.05. The maximum atomic E-state index is 12.0. The van der Waals surface area contributed by atoms with Gasteiger partial charge in [-0.05, 0) is 24.5 Å². The van der Waals surface area contributed by atoms with E-state index < -0.39 is 9.84 Å². The number of nitrogens with one attached hydrogen (secondary N) is 4. The molecular weight excluding hydrogens is 378 g/mol. The maximum Gasteiger partial charge on any atom is 0.222 e. The number of benzene rings is 1. The van der Waals surface area contributed by atoms with Gasteiger partial charge in [0.2, 0.25) is 5.91 Å². The van der Waals surface area contributed by atoms with E-state index >= 15 is 0 Å². The molecule has 1 unspecified atom stereocenters. The van der Waals surface area contributed by atoms with Crippen molar-refractivity contribution < 1.29 is 13.2 Å². The van der Waals surface area contributed by atoms with E-state index in [2.05, 4.69) is 38.1 Å². The number of carbonyl (C=O) groups excluding carboxylic acids is 1. The van der Waals surface area contributed by atoms with Crippen LogP contribution in [0.4, 0.5) is 0 Å². The molecule has 0 spiro atoms. The topological polar surface area (TPSA) is 115 Å². The standard InChI is InChI=1S/C19H27N5O3S/c1-20-19(21-9-6-14-12-23-17-5-3-2-4-16(14)17)22-10-7-18(25)24-15-8-11-28(26,27)13-15/h2-5,12,15,23H,6-11,13H2,1H3,(H,24,25)(H2,20,21,22). The number of amides is 1. The van der Waals surface area contributed by atoms with Crippen molar-refractivity contribution >= 4 is 32.6 Å². The first kappa shape index (κ1) is 20.2. The SMILES string of the molecule is CN=C(NCCC(=O)NC1CCS(=O)(=O)C1)NCCc1c[nH]c2ccccc12. The van der Waals surface area contributed by atoms with Crippen molar-refractivity contribution in [3.8, 4) is 0 Å². The zero-order valence-corrected chi connectivity index (χ0v) is 16.8. The number of nitrogens with zero attached hydrogens (tertiary/aromatic N) is 1. The smallest absolute Gasteiger partial charge is 0.222 e. The predicted octanol–water partition coefficient (Wildman–Crippen LogP) is 0.569. The molecule has 2 heterocycles. The molecule has 1 atom stereocenters. The molecule has 1 amide bonds. The Morgan fingerprint density at radius 2 is 2.04 bits per heavy atom. The number of hydrogen-bond acceptors (Lipinski definition) is 4. The number of guanidine groups is 1. The second kappa shape index (κ2) is 9.09. The molecule has 28 heavy (non-hydrogen) atoms. The number of sulfone groups is 1. The Hall–Kier alpha value is -2.55. The molecule has 9 heteroatoms. The van der Waals surface area contributed by atoms with E-state index in [0.717, 1.165) is 11.9 Å². The summed E-state index contributed by atoms with van der Waals surface area (Å²) in [6.45, 7) is 1.14. The molecule has 0 radical (unpaired) electrons. The van der Waals surface area contributed by atoms with Gasteiger partial charge >= 0.3 is 0 Å². The molecule has 0 saturated carbocycles. The molecule has 1 aromatic carbocycles. The minimum absolute atomic E-state index is 0.0449. The second-order valence-electron chi connectivity index (χ2n) is 6.95. The van der Waals surface area contributed by atoms with Crippen molar-refractivity contribution in [1.29, 1.82) is 0 Å². The van der Waals surface area contributed by atoms with Crippen LogP contribution in [-0.4, -0.2) is 63.0 Å². The van der Waals surface area contributed by atoms with Crippen LogP contribution in [0.25, 0.3) is 10.9 Å². The van der Waals surface area contributed by atoms with E-state index in [9.17, 15) is 13.2 Å². The Balaban J connectivity index is 1.36. The number of hydrogen-bond donors (Lipinski definition) is 4. The fourth-order valence-electron chi connectivity index (χ4n) is 3.38. The summed E-state index contributed by atoms with van der Waals surface area (Å²) >= 11 is 0. The quantitative estimate of drug-likeness (QED) is 0.397. The third kappa shape index (κ3) is 5.48. The minimum Gasteiger partial charge on any atom is -0.361 e. The molecule has 0 bridgehead atoms. The first-order valence-corrected chi connectivity index (χ1v) is 11.3. The van der Waals surface area contributed by atoms with Gasteiger partial charge in [-0.1, -0.05) is 18.2 Å². The summed E-state index contributed by atoms with van der Waals surface area (Å²) in [6.07, 6.45) is 3.63. The molecule has 1 saturated heterocycles. The Morgan fingerprint density at radius 3 is 2.79 bits per heavy atom. The fraction of sp³-hybridized carbons (Fsp3) is 0.474. The third-order valence-corrected chi connectivity index (χ3v) is 6.60. The summed E-state index contributed by atoms with van der Waals surface area (Å²) in [5.41, 5.74) is 2.37. The molecule has 1 fully saturated rings. The summed E-state index contributed by atoms with van der Waals surface area (Å²) in [6, 6.07) is 7.93. The van der Waals surface area contributed by atoms with Crippen LogP contribution in [0.15, 0.2) is 35.5 Å². The van der Waals surface area contributed by atoms with Crippen LogP contribution >= 0.6 is 0 Å². The average molecular weight is 406 g/mol. The normalized spacial score (nSPS) is 18.9. The van der Waals surface area contributed by atoms with Gasteiger partial charge in [0.05, 0.1) is 11.5 Å². The molecule has 1 aromatic heterocycles. The van der Waals surface area contributed by atoms with Crippen LogP contribution in [0.3, 0.4) is 0 Å². The maximum absolute atomic E-state index is 12.0. The van der Waals surface area contributed by atoms with E-state index in [-0.39, 0.29) is 29.9 Å². The van der Waals surface area contributed by atoms with Crippen molar-refractivity contribution in [2.75, 3.05) is 31.6 Å². The van der Waals surface area contributed by atoms with Crippen molar-refractivity contribution in [2.45, 2.75) is 25.3 Å². The summed E-state index contributed by atoms with van der Waals surface area (Å²) in [7, 11) is -1.30. The number of fused-ring (bicyclic) bond motifs is 1. The lowest BCUT2D eigenvalue weighted by Gasteiger charge is -2.13. The van der Waals surface area contributed by atoms with E-state index in [4.69, 9.17) is 0 Å². The Kier molecular flexibility index (Phi) is 6.56. The Morgan fingerprint density at radius 1 is 1.25 bits per heavy atom. The van der Waals surface area contributed by atoms with Gasteiger partial charge in [-0.2, -0.15) is 0 Å². The van der Waals surface area contributed by atoms with Gasteiger partial charge in [-0.3, -0.25) is 9.79 Å². The van der Waals surface area contributed by atoms with Gasteiger partial charge in [0.25, 0.3) is 0 Å². The summed E-state index contributed by atoms with van der Waals surface area (Å²) < 4.78 is 22.9. The molecule has 8 nitrogen and oxygen atoms in total. The van der Waals surface area contributed by atoms with Crippen molar-refractivity contribution in [3.63, 3.8) is 0 Å². The van der Waals surface area contributed by atoms with Crippen molar-refractivity contribution in [2.24, 2.45) is 4.99 Å².